The van der Waals surface area contributed by atoms with Gasteiger partial charge in [-0.15, -0.1) is 0 Å². The molecule has 1 unspecified atom stereocenters. The molecule has 24 heavy (non-hydrogen) atoms. The zero-order valence-electron chi connectivity index (χ0n) is 16.5. The first-order valence-electron chi connectivity index (χ1n) is 10.7. The Morgan fingerprint density at radius 3 is 1.79 bits per heavy atom. The number of unbranched alkanes of at least 4 members (excludes halogenated alkanes) is 10. The summed E-state index contributed by atoms with van der Waals surface area (Å²) < 4.78 is 0. The quantitative estimate of drug-likeness (QED) is 0.312. The van der Waals surface area contributed by atoms with Crippen LogP contribution in [0.5, 0.6) is 0 Å². The van der Waals surface area contributed by atoms with E-state index in [9.17, 15) is 9.90 Å². The monoisotopic (exact) mass is 341 g/mol. The minimum absolute atomic E-state index is 0.0688. The van der Waals surface area contributed by atoms with Crippen molar-refractivity contribution >= 4 is 5.91 Å². The lowest BCUT2D eigenvalue weighted by atomic mass is 10.0. The largest absolute Gasteiger partial charge is 0.393 e. The number of aliphatic hydroxyl groups is 1. The predicted octanol–water partition coefficient (Wildman–Crippen LogP) is 5.74. The van der Waals surface area contributed by atoms with Crippen molar-refractivity contribution in [2.24, 2.45) is 0 Å². The summed E-state index contributed by atoms with van der Waals surface area (Å²) in [6.45, 7) is 5.11. The van der Waals surface area contributed by atoms with Crippen molar-refractivity contribution in [3.8, 4) is 0 Å². The van der Waals surface area contributed by atoms with Crippen molar-refractivity contribution < 1.29 is 9.90 Å². The van der Waals surface area contributed by atoms with Crippen LogP contribution in [0.1, 0.15) is 117 Å². The highest BCUT2D eigenvalue weighted by molar-refractivity contribution is 5.75. The number of carbonyl (C=O) groups is 1. The highest BCUT2D eigenvalue weighted by atomic mass is 16.3. The van der Waals surface area contributed by atoms with Crippen LogP contribution in [0.3, 0.4) is 0 Å². The molecular weight excluding hydrogens is 298 g/mol. The van der Waals surface area contributed by atoms with Gasteiger partial charge in [-0.3, -0.25) is 4.79 Å². The maximum absolute atomic E-state index is 11.4. The third-order valence-electron chi connectivity index (χ3n) is 4.65. The molecule has 1 atom stereocenters. The van der Waals surface area contributed by atoms with E-state index in [1.54, 1.807) is 0 Å². The van der Waals surface area contributed by atoms with E-state index in [0.29, 0.717) is 6.42 Å². The molecule has 0 aromatic rings. The minimum atomic E-state index is -0.0688. The molecule has 0 heterocycles. The van der Waals surface area contributed by atoms with Crippen molar-refractivity contribution in [1.29, 1.82) is 0 Å². The fourth-order valence-electron chi connectivity index (χ4n) is 3.03. The number of rotatable bonds is 18. The van der Waals surface area contributed by atoms with E-state index >= 15 is 0 Å². The molecule has 0 aromatic heterocycles. The van der Waals surface area contributed by atoms with Crippen LogP contribution in [0.4, 0.5) is 0 Å². The van der Waals surface area contributed by atoms with Gasteiger partial charge in [0.25, 0.3) is 0 Å². The molecule has 3 heteroatoms. The molecule has 3 nitrogen and oxygen atoms in total. The van der Waals surface area contributed by atoms with E-state index in [2.05, 4.69) is 19.2 Å². The molecule has 0 aliphatic rings. The third kappa shape index (κ3) is 17.8. The zero-order valence-corrected chi connectivity index (χ0v) is 16.5. The molecule has 0 saturated carbocycles. The van der Waals surface area contributed by atoms with E-state index < -0.39 is 0 Å². The summed E-state index contributed by atoms with van der Waals surface area (Å²) in [6.07, 6.45) is 18.4. The standard InChI is InChI=1S/C21H43NO2/c1-3-5-6-13-16-20(23)17-14-11-9-7-8-10-12-15-18-21(24)22-19-4-2/h20,23H,3-19H2,1-2H3,(H,22,24). The number of aliphatic hydroxyl groups excluding tert-OH is 1. The summed E-state index contributed by atoms with van der Waals surface area (Å²) in [5.74, 6) is 0.213. The van der Waals surface area contributed by atoms with Gasteiger partial charge in [0.2, 0.25) is 5.91 Å². The first-order chi connectivity index (χ1) is 11.7. The lowest BCUT2D eigenvalue weighted by Gasteiger charge is -2.10. The summed E-state index contributed by atoms with van der Waals surface area (Å²) in [5, 5.41) is 12.8. The molecule has 0 radical (unpaired) electrons. The Labute approximate surface area is 151 Å². The van der Waals surface area contributed by atoms with E-state index in [0.717, 1.165) is 32.2 Å². The first-order valence-corrected chi connectivity index (χ1v) is 10.7. The summed E-state index contributed by atoms with van der Waals surface area (Å²) in [7, 11) is 0. The molecule has 0 spiro atoms. The number of hydrogen-bond acceptors (Lipinski definition) is 2. The fraction of sp³-hybridized carbons (Fsp3) is 0.952. The fourth-order valence-corrected chi connectivity index (χ4v) is 3.03. The number of nitrogens with one attached hydrogen (secondary N) is 1. The maximum Gasteiger partial charge on any atom is 0.219 e. The Balaban J connectivity index is 3.18. The zero-order chi connectivity index (χ0) is 17.9. The summed E-state index contributed by atoms with van der Waals surface area (Å²) >= 11 is 0. The van der Waals surface area contributed by atoms with Gasteiger partial charge in [-0.2, -0.15) is 0 Å². The van der Waals surface area contributed by atoms with E-state index in [1.165, 1.54) is 70.6 Å². The van der Waals surface area contributed by atoms with E-state index in [1.807, 2.05) is 0 Å². The van der Waals surface area contributed by atoms with Gasteiger partial charge < -0.3 is 10.4 Å². The van der Waals surface area contributed by atoms with Crippen LogP contribution < -0.4 is 5.32 Å². The molecule has 0 rings (SSSR count). The molecule has 0 bridgehead atoms. The molecular formula is C21H43NO2. The minimum Gasteiger partial charge on any atom is -0.393 e. The van der Waals surface area contributed by atoms with Crippen LogP contribution in [0.25, 0.3) is 0 Å². The second-order valence-corrected chi connectivity index (χ2v) is 7.22. The van der Waals surface area contributed by atoms with Gasteiger partial charge in [0.1, 0.15) is 0 Å². The van der Waals surface area contributed by atoms with Gasteiger partial charge >= 0.3 is 0 Å². The molecule has 0 saturated heterocycles. The molecule has 0 aliphatic heterocycles. The lowest BCUT2D eigenvalue weighted by Crippen LogP contribution is -2.23. The van der Waals surface area contributed by atoms with E-state index in [4.69, 9.17) is 0 Å². The summed E-state index contributed by atoms with van der Waals surface area (Å²) in [4.78, 5) is 11.4. The van der Waals surface area contributed by atoms with Crippen molar-refractivity contribution in [2.75, 3.05) is 6.54 Å². The Morgan fingerprint density at radius 2 is 1.25 bits per heavy atom. The SMILES string of the molecule is CCCCCCC(O)CCCCCCCCCCC(=O)NCCC. The molecule has 0 aromatic carbocycles. The van der Waals surface area contributed by atoms with Crippen molar-refractivity contribution in [3.63, 3.8) is 0 Å². The number of carbonyl (C=O) groups excluding carboxylic acids is 1. The van der Waals surface area contributed by atoms with Crippen LogP contribution in [-0.2, 0) is 4.79 Å². The average molecular weight is 342 g/mol. The van der Waals surface area contributed by atoms with Gasteiger partial charge in [-0.25, -0.2) is 0 Å². The first kappa shape index (κ1) is 23.4. The van der Waals surface area contributed by atoms with Crippen LogP contribution in [0, 0.1) is 0 Å². The Hall–Kier alpha value is -0.570. The number of amides is 1. The van der Waals surface area contributed by atoms with Gasteiger partial charge in [0.15, 0.2) is 0 Å². The summed E-state index contributed by atoms with van der Waals surface area (Å²) in [5.41, 5.74) is 0. The van der Waals surface area contributed by atoms with Crippen LogP contribution in [-0.4, -0.2) is 23.7 Å². The van der Waals surface area contributed by atoms with Crippen molar-refractivity contribution in [1.82, 2.24) is 5.32 Å². The molecule has 1 amide bonds. The topological polar surface area (TPSA) is 49.3 Å². The Kier molecular flexibility index (Phi) is 18.3. The number of hydrogen-bond donors (Lipinski definition) is 2. The molecule has 144 valence electrons. The molecule has 0 fully saturated rings. The van der Waals surface area contributed by atoms with Gasteiger partial charge in [-0.1, -0.05) is 84.5 Å². The van der Waals surface area contributed by atoms with Gasteiger partial charge in [-0.05, 0) is 25.7 Å². The van der Waals surface area contributed by atoms with Gasteiger partial charge in [0.05, 0.1) is 6.10 Å². The normalized spacial score (nSPS) is 12.3. The van der Waals surface area contributed by atoms with E-state index in [-0.39, 0.29) is 12.0 Å². The van der Waals surface area contributed by atoms with Crippen LogP contribution in [0.15, 0.2) is 0 Å². The van der Waals surface area contributed by atoms with Crippen LogP contribution in [0.2, 0.25) is 0 Å². The Bertz CT molecular complexity index is 269. The highest BCUT2D eigenvalue weighted by Gasteiger charge is 2.03. The average Bonchev–Trinajstić information content (AvgIpc) is 2.58. The second-order valence-electron chi connectivity index (χ2n) is 7.22. The van der Waals surface area contributed by atoms with Crippen LogP contribution >= 0.6 is 0 Å². The Morgan fingerprint density at radius 1 is 0.750 bits per heavy atom. The third-order valence-corrected chi connectivity index (χ3v) is 4.65. The molecule has 0 aliphatic carbocycles. The maximum atomic E-state index is 11.4. The lowest BCUT2D eigenvalue weighted by molar-refractivity contribution is -0.121. The summed E-state index contributed by atoms with van der Waals surface area (Å²) in [6, 6.07) is 0. The van der Waals surface area contributed by atoms with Crippen molar-refractivity contribution in [2.45, 2.75) is 123 Å². The highest BCUT2D eigenvalue weighted by Crippen LogP contribution is 2.14. The van der Waals surface area contributed by atoms with Gasteiger partial charge in [0, 0.05) is 13.0 Å². The van der Waals surface area contributed by atoms with Crippen molar-refractivity contribution in [3.05, 3.63) is 0 Å². The second kappa shape index (κ2) is 18.8. The predicted molar refractivity (Wildman–Crippen MR) is 104 cm³/mol. The smallest absolute Gasteiger partial charge is 0.219 e. The molecule has 2 N–H and O–H groups in total.